The zero-order valence-corrected chi connectivity index (χ0v) is 13.9. The summed E-state index contributed by atoms with van der Waals surface area (Å²) >= 11 is 1.54. The first-order chi connectivity index (χ1) is 10.5. The number of nitrogens with one attached hydrogen (secondary N) is 1. The number of carbonyl (C=O) groups excluding carboxylic acids is 2. The molecule has 0 bridgehead atoms. The fourth-order valence-corrected chi connectivity index (χ4v) is 3.92. The maximum absolute atomic E-state index is 12.7. The summed E-state index contributed by atoms with van der Waals surface area (Å²) in [5, 5.41) is 2.81. The molecule has 5 heteroatoms. The molecule has 3 rings (SSSR count). The van der Waals surface area contributed by atoms with E-state index in [0.29, 0.717) is 11.5 Å². The van der Waals surface area contributed by atoms with Crippen LogP contribution in [0, 0.1) is 5.92 Å². The zero-order chi connectivity index (χ0) is 15.7. The maximum Gasteiger partial charge on any atom is 0.253 e. The molecule has 1 aromatic carbocycles. The number of anilines is 1. The second-order valence-corrected chi connectivity index (χ2v) is 7.67. The third-order valence-corrected chi connectivity index (χ3v) is 5.64. The van der Waals surface area contributed by atoms with E-state index >= 15 is 0 Å². The standard InChI is InChI=1S/C17H22N2O2S/c1-11-4-3-8-19(9-7-11)17(21)13-5-6-15-14(10-13)18-16(20)12(2)22-15/h5-6,10-12H,3-4,7-9H2,1-2H3,(H,18,20)/t11-,12+/m0/s1. The van der Waals surface area contributed by atoms with Crippen molar-refractivity contribution in [3.8, 4) is 0 Å². The van der Waals surface area contributed by atoms with Gasteiger partial charge in [-0.1, -0.05) is 6.92 Å². The first-order valence-electron chi connectivity index (χ1n) is 7.95. The monoisotopic (exact) mass is 318 g/mol. The van der Waals surface area contributed by atoms with Crippen molar-refractivity contribution in [3.63, 3.8) is 0 Å². The summed E-state index contributed by atoms with van der Waals surface area (Å²) in [6.07, 6.45) is 3.33. The van der Waals surface area contributed by atoms with Crippen LogP contribution in [0.4, 0.5) is 5.69 Å². The molecule has 0 saturated carbocycles. The summed E-state index contributed by atoms with van der Waals surface area (Å²) in [4.78, 5) is 27.5. The Morgan fingerprint density at radius 1 is 1.27 bits per heavy atom. The molecular formula is C17H22N2O2S. The Bertz CT molecular complexity index is 602. The van der Waals surface area contributed by atoms with E-state index in [1.54, 1.807) is 11.8 Å². The first-order valence-corrected chi connectivity index (χ1v) is 8.83. The van der Waals surface area contributed by atoms with Crippen molar-refractivity contribution in [1.82, 2.24) is 4.90 Å². The molecule has 22 heavy (non-hydrogen) atoms. The molecule has 2 aliphatic rings. The third kappa shape index (κ3) is 3.14. The van der Waals surface area contributed by atoms with Gasteiger partial charge in [0.2, 0.25) is 5.91 Å². The molecule has 0 unspecified atom stereocenters. The third-order valence-electron chi connectivity index (χ3n) is 4.46. The van der Waals surface area contributed by atoms with Crippen LogP contribution in [-0.2, 0) is 4.79 Å². The van der Waals surface area contributed by atoms with Crippen LogP contribution < -0.4 is 5.32 Å². The molecule has 4 nitrogen and oxygen atoms in total. The summed E-state index contributed by atoms with van der Waals surface area (Å²) in [6.45, 7) is 5.80. The lowest BCUT2D eigenvalue weighted by Crippen LogP contribution is -2.32. The molecule has 2 aliphatic heterocycles. The van der Waals surface area contributed by atoms with E-state index < -0.39 is 0 Å². The van der Waals surface area contributed by atoms with Gasteiger partial charge in [-0.3, -0.25) is 9.59 Å². The molecular weight excluding hydrogens is 296 g/mol. The van der Waals surface area contributed by atoms with Gasteiger partial charge in [-0.25, -0.2) is 0 Å². The minimum atomic E-state index is -0.0823. The van der Waals surface area contributed by atoms with Gasteiger partial charge in [-0.2, -0.15) is 0 Å². The normalized spacial score (nSPS) is 25.2. The van der Waals surface area contributed by atoms with Crippen molar-refractivity contribution < 1.29 is 9.59 Å². The summed E-state index contributed by atoms with van der Waals surface area (Å²) in [5.74, 6) is 0.777. The Balaban J connectivity index is 1.79. The van der Waals surface area contributed by atoms with Crippen molar-refractivity contribution in [2.45, 2.75) is 43.3 Å². The number of hydrogen-bond donors (Lipinski definition) is 1. The Labute approximate surface area is 135 Å². The van der Waals surface area contributed by atoms with E-state index in [9.17, 15) is 9.59 Å². The number of fused-ring (bicyclic) bond motifs is 1. The molecule has 0 aliphatic carbocycles. The molecule has 0 aromatic heterocycles. The number of nitrogens with zero attached hydrogens (tertiary/aromatic N) is 1. The highest BCUT2D eigenvalue weighted by Crippen LogP contribution is 2.36. The topological polar surface area (TPSA) is 49.4 Å². The number of benzene rings is 1. The Morgan fingerprint density at radius 3 is 2.91 bits per heavy atom. The summed E-state index contributed by atoms with van der Waals surface area (Å²) < 4.78 is 0. The Hall–Kier alpha value is -1.49. The zero-order valence-electron chi connectivity index (χ0n) is 13.1. The number of hydrogen-bond acceptors (Lipinski definition) is 3. The number of likely N-dealkylation sites (tertiary alicyclic amines) is 1. The minimum Gasteiger partial charge on any atom is -0.339 e. The van der Waals surface area contributed by atoms with Gasteiger partial charge in [-0.05, 0) is 50.3 Å². The van der Waals surface area contributed by atoms with Gasteiger partial charge in [0.05, 0.1) is 10.9 Å². The van der Waals surface area contributed by atoms with Gasteiger partial charge in [0.25, 0.3) is 5.91 Å². The number of thioether (sulfide) groups is 1. The predicted octanol–water partition coefficient (Wildman–Crippen LogP) is 3.38. The lowest BCUT2D eigenvalue weighted by atomic mass is 10.0. The number of amides is 2. The van der Waals surface area contributed by atoms with Crippen LogP contribution in [0.5, 0.6) is 0 Å². The molecule has 1 aromatic rings. The molecule has 1 N–H and O–H groups in total. The van der Waals surface area contributed by atoms with Crippen LogP contribution in [0.25, 0.3) is 0 Å². The Kier molecular flexibility index (Phi) is 4.43. The Morgan fingerprint density at radius 2 is 2.09 bits per heavy atom. The lowest BCUT2D eigenvalue weighted by Gasteiger charge is -2.24. The molecule has 0 radical (unpaired) electrons. The fourth-order valence-electron chi connectivity index (χ4n) is 2.99. The predicted molar refractivity (Wildman–Crippen MR) is 89.3 cm³/mol. The van der Waals surface area contributed by atoms with Gasteiger partial charge in [0, 0.05) is 23.5 Å². The van der Waals surface area contributed by atoms with Crippen LogP contribution in [0.3, 0.4) is 0 Å². The van der Waals surface area contributed by atoms with Gasteiger partial charge < -0.3 is 10.2 Å². The molecule has 118 valence electrons. The second kappa shape index (κ2) is 6.32. The van der Waals surface area contributed by atoms with Crippen molar-refractivity contribution in [1.29, 1.82) is 0 Å². The molecule has 0 spiro atoms. The van der Waals surface area contributed by atoms with Gasteiger partial charge in [-0.15, -0.1) is 11.8 Å². The smallest absolute Gasteiger partial charge is 0.253 e. The summed E-state index contributed by atoms with van der Waals surface area (Å²) in [7, 11) is 0. The largest absolute Gasteiger partial charge is 0.339 e. The van der Waals surface area contributed by atoms with Gasteiger partial charge in [0.1, 0.15) is 0 Å². The molecule has 1 saturated heterocycles. The van der Waals surface area contributed by atoms with Gasteiger partial charge in [0.15, 0.2) is 0 Å². The van der Waals surface area contributed by atoms with E-state index in [1.165, 1.54) is 6.42 Å². The van der Waals surface area contributed by atoms with Crippen molar-refractivity contribution >= 4 is 29.3 Å². The van der Waals surface area contributed by atoms with E-state index in [4.69, 9.17) is 0 Å². The molecule has 2 heterocycles. The van der Waals surface area contributed by atoms with Crippen LogP contribution >= 0.6 is 11.8 Å². The average Bonchev–Trinajstić information content (AvgIpc) is 2.72. The highest BCUT2D eigenvalue weighted by atomic mass is 32.2. The van der Waals surface area contributed by atoms with Crippen LogP contribution in [0.15, 0.2) is 23.1 Å². The number of carbonyl (C=O) groups is 2. The van der Waals surface area contributed by atoms with E-state index in [1.807, 2.05) is 30.0 Å². The van der Waals surface area contributed by atoms with Crippen LogP contribution in [-0.4, -0.2) is 35.1 Å². The molecule has 2 atom stereocenters. The summed E-state index contributed by atoms with van der Waals surface area (Å²) in [5.41, 5.74) is 1.44. The van der Waals surface area contributed by atoms with Crippen molar-refractivity contribution in [2.75, 3.05) is 18.4 Å². The van der Waals surface area contributed by atoms with E-state index in [2.05, 4.69) is 12.2 Å². The van der Waals surface area contributed by atoms with Crippen molar-refractivity contribution in [2.24, 2.45) is 5.92 Å². The van der Waals surface area contributed by atoms with Crippen molar-refractivity contribution in [3.05, 3.63) is 23.8 Å². The molecule has 1 fully saturated rings. The average molecular weight is 318 g/mol. The molecule has 2 amide bonds. The summed E-state index contributed by atoms with van der Waals surface area (Å²) in [6, 6.07) is 5.65. The van der Waals surface area contributed by atoms with E-state index in [-0.39, 0.29) is 17.1 Å². The highest BCUT2D eigenvalue weighted by molar-refractivity contribution is 8.00. The highest BCUT2D eigenvalue weighted by Gasteiger charge is 2.25. The second-order valence-electron chi connectivity index (χ2n) is 6.29. The quantitative estimate of drug-likeness (QED) is 0.863. The minimum absolute atomic E-state index is 0.00527. The van der Waals surface area contributed by atoms with Crippen LogP contribution in [0.1, 0.15) is 43.5 Å². The van der Waals surface area contributed by atoms with E-state index in [0.717, 1.165) is 36.5 Å². The fraction of sp³-hybridized carbons (Fsp3) is 0.529. The number of rotatable bonds is 1. The lowest BCUT2D eigenvalue weighted by molar-refractivity contribution is -0.115. The SMILES string of the molecule is C[C@H]1CCCN(C(=O)c2ccc3c(c2)NC(=O)[C@@H](C)S3)CC1. The van der Waals surface area contributed by atoms with Gasteiger partial charge >= 0.3 is 0 Å². The first kappa shape index (κ1) is 15.4. The van der Waals surface area contributed by atoms with Crippen LogP contribution in [0.2, 0.25) is 0 Å². The maximum atomic E-state index is 12.7.